The summed E-state index contributed by atoms with van der Waals surface area (Å²) in [4.78, 5) is 7.84. The second-order valence-electron chi connectivity index (χ2n) is 6.60. The summed E-state index contributed by atoms with van der Waals surface area (Å²) in [5, 5.41) is 6.39. The van der Waals surface area contributed by atoms with Crippen LogP contribution in [-0.4, -0.2) is 35.8 Å². The van der Waals surface area contributed by atoms with Crippen molar-refractivity contribution in [2.75, 3.05) is 30.8 Å². The molecule has 4 N–H and O–H groups in total. The van der Waals surface area contributed by atoms with E-state index in [0.717, 1.165) is 19.4 Å². The fourth-order valence-electron chi connectivity index (χ4n) is 3.12. The highest BCUT2D eigenvalue weighted by Crippen LogP contribution is 2.44. The SMILES string of the molecule is C[P@](=O)(c1ccccc1N)c1nc(N[C@H]2CCCNC2)ncc1C(F)(F)F. The van der Waals surface area contributed by atoms with Gasteiger partial charge in [0.05, 0.1) is 0 Å². The highest BCUT2D eigenvalue weighted by atomic mass is 31.2. The fourth-order valence-corrected chi connectivity index (χ4v) is 5.21. The Morgan fingerprint density at radius 1 is 1.33 bits per heavy atom. The highest BCUT2D eigenvalue weighted by Gasteiger charge is 2.41. The number of anilines is 2. The summed E-state index contributed by atoms with van der Waals surface area (Å²) in [5.41, 5.74) is 4.40. The molecule has 146 valence electrons. The van der Waals surface area contributed by atoms with Crippen LogP contribution in [-0.2, 0) is 10.7 Å². The minimum absolute atomic E-state index is 0.00127. The zero-order chi connectivity index (χ0) is 19.7. The summed E-state index contributed by atoms with van der Waals surface area (Å²) < 4.78 is 54.0. The van der Waals surface area contributed by atoms with Crippen LogP contribution >= 0.6 is 7.14 Å². The number of hydrogen-bond donors (Lipinski definition) is 3. The Morgan fingerprint density at radius 2 is 2.07 bits per heavy atom. The number of halogens is 3. The van der Waals surface area contributed by atoms with Gasteiger partial charge in [-0.25, -0.2) is 9.97 Å². The molecule has 0 bridgehead atoms. The maximum atomic E-state index is 13.5. The Morgan fingerprint density at radius 3 is 2.70 bits per heavy atom. The maximum Gasteiger partial charge on any atom is 0.420 e. The van der Waals surface area contributed by atoms with Crippen LogP contribution < -0.4 is 27.1 Å². The van der Waals surface area contributed by atoms with Crippen LogP contribution in [0, 0.1) is 0 Å². The van der Waals surface area contributed by atoms with Gasteiger partial charge in [-0.15, -0.1) is 0 Å². The van der Waals surface area contributed by atoms with Gasteiger partial charge in [0.25, 0.3) is 0 Å². The molecule has 1 aliphatic rings. The smallest absolute Gasteiger partial charge is 0.398 e. The molecule has 2 heterocycles. The van der Waals surface area contributed by atoms with Crippen molar-refractivity contribution in [3.8, 4) is 0 Å². The summed E-state index contributed by atoms with van der Waals surface area (Å²) in [6, 6.07) is 6.19. The van der Waals surface area contributed by atoms with Crippen molar-refractivity contribution in [2.24, 2.45) is 0 Å². The number of rotatable bonds is 4. The van der Waals surface area contributed by atoms with E-state index < -0.39 is 24.3 Å². The number of aromatic nitrogens is 2. The molecule has 2 aromatic rings. The van der Waals surface area contributed by atoms with E-state index in [1.807, 2.05) is 0 Å². The van der Waals surface area contributed by atoms with E-state index in [0.29, 0.717) is 12.7 Å². The van der Waals surface area contributed by atoms with Crippen LogP contribution in [0.5, 0.6) is 0 Å². The lowest BCUT2D eigenvalue weighted by molar-refractivity contribution is -0.137. The molecule has 0 saturated carbocycles. The molecule has 1 saturated heterocycles. The standard InChI is InChI=1S/C17H21F3N5OP/c1-27(26,14-7-3-2-6-13(14)21)15-12(17(18,19)20)10-23-16(25-15)24-11-5-4-8-22-9-11/h2-3,6-7,10-11,22H,4-5,8-9,21H2,1H3,(H,23,24,25)/t11-,27-/m0/s1. The number of alkyl halides is 3. The Balaban J connectivity index is 2.06. The van der Waals surface area contributed by atoms with Crippen LogP contribution in [0.4, 0.5) is 24.8 Å². The van der Waals surface area contributed by atoms with Gasteiger partial charge >= 0.3 is 6.18 Å². The largest absolute Gasteiger partial charge is 0.420 e. The van der Waals surface area contributed by atoms with E-state index in [9.17, 15) is 17.7 Å². The predicted molar refractivity (Wildman–Crippen MR) is 100 cm³/mol. The molecule has 0 aliphatic carbocycles. The lowest BCUT2D eigenvalue weighted by Crippen LogP contribution is -2.39. The van der Waals surface area contributed by atoms with Gasteiger partial charge in [0, 0.05) is 29.8 Å². The number of benzene rings is 1. The molecule has 6 nitrogen and oxygen atoms in total. The van der Waals surface area contributed by atoms with Crippen LogP contribution in [0.25, 0.3) is 0 Å². The first kappa shape index (κ1) is 19.6. The Labute approximate surface area is 155 Å². The number of nitrogens with two attached hydrogens (primary N) is 1. The molecule has 0 radical (unpaired) electrons. The zero-order valence-electron chi connectivity index (χ0n) is 14.8. The number of hydrogen-bond acceptors (Lipinski definition) is 6. The number of nitrogens with zero attached hydrogens (tertiary/aromatic N) is 2. The Hall–Kier alpha value is -2.12. The van der Waals surface area contributed by atoms with Gasteiger partial charge in [0.1, 0.15) is 11.0 Å². The molecule has 1 aromatic heterocycles. The number of nitrogens with one attached hydrogen (secondary N) is 2. The summed E-state index contributed by atoms with van der Waals surface area (Å²) >= 11 is 0. The van der Waals surface area contributed by atoms with Crippen LogP contribution in [0.3, 0.4) is 0 Å². The van der Waals surface area contributed by atoms with Crippen LogP contribution in [0.1, 0.15) is 18.4 Å². The van der Waals surface area contributed by atoms with Gasteiger partial charge < -0.3 is 20.9 Å². The summed E-state index contributed by atoms with van der Waals surface area (Å²) in [6.07, 6.45) is -2.24. The van der Waals surface area contributed by atoms with Crippen molar-refractivity contribution < 1.29 is 17.7 Å². The van der Waals surface area contributed by atoms with Gasteiger partial charge in [-0.3, -0.25) is 0 Å². The zero-order valence-corrected chi connectivity index (χ0v) is 15.6. The van der Waals surface area contributed by atoms with Gasteiger partial charge in [-0.05, 0) is 38.2 Å². The van der Waals surface area contributed by atoms with E-state index >= 15 is 0 Å². The third-order valence-corrected chi connectivity index (χ3v) is 6.98. The van der Waals surface area contributed by atoms with Crippen LogP contribution in [0.2, 0.25) is 0 Å². The van der Waals surface area contributed by atoms with Crippen molar-refractivity contribution >= 4 is 29.5 Å². The Bertz CT molecular complexity index is 868. The van der Waals surface area contributed by atoms with Crippen molar-refractivity contribution in [3.05, 3.63) is 36.0 Å². The molecule has 0 amide bonds. The van der Waals surface area contributed by atoms with Gasteiger partial charge in [-0.2, -0.15) is 13.2 Å². The van der Waals surface area contributed by atoms with E-state index in [1.54, 1.807) is 12.1 Å². The predicted octanol–water partition coefficient (Wildman–Crippen LogP) is 2.19. The lowest BCUT2D eigenvalue weighted by Gasteiger charge is -2.25. The number of para-hydroxylation sites is 1. The number of piperidine rings is 1. The second kappa shape index (κ2) is 7.48. The lowest BCUT2D eigenvalue weighted by atomic mass is 10.1. The molecule has 0 unspecified atom stereocenters. The van der Waals surface area contributed by atoms with Crippen molar-refractivity contribution in [2.45, 2.75) is 25.1 Å². The van der Waals surface area contributed by atoms with Gasteiger partial charge in [-0.1, -0.05) is 12.1 Å². The summed E-state index contributed by atoms with van der Waals surface area (Å²) in [5.74, 6) is 0.0308. The van der Waals surface area contributed by atoms with Crippen molar-refractivity contribution in [1.29, 1.82) is 0 Å². The normalized spacial score (nSPS) is 20.1. The van der Waals surface area contributed by atoms with E-state index in [1.165, 1.54) is 18.8 Å². The maximum absolute atomic E-state index is 13.5. The monoisotopic (exact) mass is 399 g/mol. The molecule has 2 atom stereocenters. The van der Waals surface area contributed by atoms with Gasteiger partial charge in [0.15, 0.2) is 7.14 Å². The Kier molecular flexibility index (Phi) is 5.44. The average molecular weight is 399 g/mol. The third kappa shape index (κ3) is 4.25. The minimum Gasteiger partial charge on any atom is -0.398 e. The van der Waals surface area contributed by atoms with E-state index in [2.05, 4.69) is 20.6 Å². The molecular formula is C17H21F3N5OP. The third-order valence-electron chi connectivity index (χ3n) is 4.50. The van der Waals surface area contributed by atoms with E-state index in [-0.39, 0.29) is 23.0 Å². The van der Waals surface area contributed by atoms with Crippen molar-refractivity contribution in [3.63, 3.8) is 0 Å². The van der Waals surface area contributed by atoms with Crippen molar-refractivity contribution in [1.82, 2.24) is 15.3 Å². The topological polar surface area (TPSA) is 92.9 Å². The van der Waals surface area contributed by atoms with Gasteiger partial charge in [0.2, 0.25) is 5.95 Å². The molecule has 1 aliphatic heterocycles. The molecule has 27 heavy (non-hydrogen) atoms. The first-order valence-corrected chi connectivity index (χ1v) is 10.7. The fraction of sp³-hybridized carbons (Fsp3) is 0.412. The molecule has 3 rings (SSSR count). The van der Waals surface area contributed by atoms with E-state index in [4.69, 9.17) is 5.73 Å². The summed E-state index contributed by atoms with van der Waals surface area (Å²) in [7, 11) is -3.70. The molecule has 10 heteroatoms. The average Bonchev–Trinajstić information content (AvgIpc) is 2.62. The van der Waals surface area contributed by atoms with Crippen LogP contribution in [0.15, 0.2) is 30.5 Å². The molecule has 0 spiro atoms. The quantitative estimate of drug-likeness (QED) is 0.539. The highest BCUT2D eigenvalue weighted by molar-refractivity contribution is 7.78. The second-order valence-corrected chi connectivity index (χ2v) is 9.35. The summed E-state index contributed by atoms with van der Waals surface area (Å²) in [6.45, 7) is 2.81. The minimum atomic E-state index is -4.73. The number of nitrogen functional groups attached to an aromatic ring is 1. The molecule has 1 aromatic carbocycles. The first-order chi connectivity index (χ1) is 12.7. The molecular weight excluding hydrogens is 378 g/mol. The molecule has 1 fully saturated rings. The first-order valence-electron chi connectivity index (χ1n) is 8.54.